The highest BCUT2D eigenvalue weighted by molar-refractivity contribution is 7.99. The number of Topliss-reactive ketones (excluding diaryl/α,β-unsaturated/α-hetero) is 1. The van der Waals surface area contributed by atoms with Crippen LogP contribution in [0.2, 0.25) is 0 Å². The Morgan fingerprint density at radius 2 is 2.25 bits per heavy atom. The van der Waals surface area contributed by atoms with Gasteiger partial charge >= 0.3 is 0 Å². The molecule has 0 radical (unpaired) electrons. The maximum Gasteiger partial charge on any atom is 0.227 e. The van der Waals surface area contributed by atoms with E-state index in [2.05, 4.69) is 47.4 Å². The van der Waals surface area contributed by atoms with Crippen molar-refractivity contribution in [2.75, 3.05) is 11.1 Å². The molecule has 4 rings (SSSR count). The van der Waals surface area contributed by atoms with E-state index < -0.39 is 0 Å². The quantitative estimate of drug-likeness (QED) is 0.863. The Morgan fingerprint density at radius 1 is 1.38 bits per heavy atom. The van der Waals surface area contributed by atoms with Crippen LogP contribution in [0, 0.1) is 6.92 Å². The molecule has 1 atom stereocenters. The molecule has 2 heterocycles. The number of allylic oxidation sites excluding steroid dienone is 2. The third-order valence-electron chi connectivity index (χ3n) is 4.48. The summed E-state index contributed by atoms with van der Waals surface area (Å²) in [5.74, 6) is 1.89. The molecule has 24 heavy (non-hydrogen) atoms. The van der Waals surface area contributed by atoms with Gasteiger partial charge in [-0.15, -0.1) is 5.10 Å². The predicted octanol–water partition coefficient (Wildman–Crippen LogP) is 3.72. The standard InChI is InChI=1S/C18H20N4OS/c1-3-24-18-20-17-19-13-8-5-9-14(23)15(13)16(22(17)21-18)12-7-4-6-11(2)10-12/h4,6-7,10,16H,3,5,8-9H2,1-2H3,(H,19,20,21)/t16-/m1/s1. The Bertz CT molecular complexity index is 839. The number of carbonyl (C=O) groups excluding carboxylic acids is 1. The molecule has 0 bridgehead atoms. The van der Waals surface area contributed by atoms with Crippen molar-refractivity contribution < 1.29 is 4.79 Å². The fourth-order valence-corrected chi connectivity index (χ4v) is 4.03. The number of anilines is 1. The summed E-state index contributed by atoms with van der Waals surface area (Å²) in [5, 5.41) is 8.78. The zero-order chi connectivity index (χ0) is 16.7. The summed E-state index contributed by atoms with van der Waals surface area (Å²) >= 11 is 1.62. The lowest BCUT2D eigenvalue weighted by atomic mass is 9.85. The van der Waals surface area contributed by atoms with Gasteiger partial charge in [-0.2, -0.15) is 4.98 Å². The first-order chi connectivity index (χ1) is 11.7. The van der Waals surface area contributed by atoms with E-state index in [0.717, 1.165) is 46.5 Å². The number of fused-ring (bicyclic) bond motifs is 1. The number of nitrogens with zero attached hydrogens (tertiary/aromatic N) is 3. The van der Waals surface area contributed by atoms with Crippen molar-refractivity contribution in [3.05, 3.63) is 46.7 Å². The Kier molecular flexibility index (Phi) is 3.92. The van der Waals surface area contributed by atoms with E-state index in [1.807, 2.05) is 10.7 Å². The van der Waals surface area contributed by atoms with E-state index in [-0.39, 0.29) is 11.8 Å². The molecule has 0 saturated carbocycles. The van der Waals surface area contributed by atoms with Crippen LogP contribution in [0.4, 0.5) is 5.95 Å². The van der Waals surface area contributed by atoms with Gasteiger partial charge in [-0.3, -0.25) is 4.79 Å². The fraction of sp³-hybridized carbons (Fsp3) is 0.389. The summed E-state index contributed by atoms with van der Waals surface area (Å²) in [6.45, 7) is 4.16. The molecule has 1 aliphatic heterocycles. The maximum absolute atomic E-state index is 12.7. The average molecular weight is 340 g/mol. The summed E-state index contributed by atoms with van der Waals surface area (Å²) in [5.41, 5.74) is 4.16. The van der Waals surface area contributed by atoms with Crippen LogP contribution in [0.15, 0.2) is 40.7 Å². The number of aryl methyl sites for hydroxylation is 1. The van der Waals surface area contributed by atoms with Gasteiger partial charge in [0.15, 0.2) is 5.78 Å². The number of hydrogen-bond acceptors (Lipinski definition) is 5. The molecule has 6 heteroatoms. The molecule has 2 aliphatic rings. The number of nitrogens with one attached hydrogen (secondary N) is 1. The number of thioether (sulfide) groups is 1. The van der Waals surface area contributed by atoms with E-state index in [1.54, 1.807) is 11.8 Å². The minimum Gasteiger partial charge on any atom is -0.328 e. The largest absolute Gasteiger partial charge is 0.328 e. The van der Waals surface area contributed by atoms with Crippen molar-refractivity contribution in [2.24, 2.45) is 0 Å². The van der Waals surface area contributed by atoms with Gasteiger partial charge < -0.3 is 5.32 Å². The average Bonchev–Trinajstić information content (AvgIpc) is 2.95. The Labute approximate surface area is 145 Å². The highest BCUT2D eigenvalue weighted by atomic mass is 32.2. The van der Waals surface area contributed by atoms with Gasteiger partial charge in [0.05, 0.1) is 0 Å². The number of benzene rings is 1. The van der Waals surface area contributed by atoms with E-state index in [4.69, 9.17) is 0 Å². The van der Waals surface area contributed by atoms with Gasteiger partial charge in [-0.1, -0.05) is 48.5 Å². The zero-order valence-corrected chi connectivity index (χ0v) is 14.7. The van der Waals surface area contributed by atoms with Gasteiger partial charge in [-0.05, 0) is 31.1 Å². The van der Waals surface area contributed by atoms with Gasteiger partial charge in [0.2, 0.25) is 11.1 Å². The lowest BCUT2D eigenvalue weighted by Gasteiger charge is -2.32. The number of hydrogen-bond donors (Lipinski definition) is 1. The van der Waals surface area contributed by atoms with Gasteiger partial charge in [0.25, 0.3) is 0 Å². The molecule has 1 N–H and O–H groups in total. The van der Waals surface area contributed by atoms with Gasteiger partial charge in [0.1, 0.15) is 6.04 Å². The number of ketones is 1. The summed E-state index contributed by atoms with van der Waals surface area (Å²) in [4.78, 5) is 17.3. The highest BCUT2D eigenvalue weighted by Crippen LogP contribution is 2.40. The van der Waals surface area contributed by atoms with Crippen LogP contribution < -0.4 is 5.32 Å². The van der Waals surface area contributed by atoms with Crippen molar-refractivity contribution in [3.8, 4) is 0 Å². The van der Waals surface area contributed by atoms with Crippen molar-refractivity contribution in [3.63, 3.8) is 0 Å². The first-order valence-electron chi connectivity index (χ1n) is 8.36. The second-order valence-corrected chi connectivity index (χ2v) is 7.44. The Hall–Kier alpha value is -2.08. The van der Waals surface area contributed by atoms with E-state index in [1.165, 1.54) is 5.56 Å². The van der Waals surface area contributed by atoms with Crippen molar-refractivity contribution >= 4 is 23.5 Å². The smallest absolute Gasteiger partial charge is 0.227 e. The molecular formula is C18H20N4OS. The van der Waals surface area contributed by atoms with Crippen molar-refractivity contribution in [1.29, 1.82) is 0 Å². The first-order valence-corrected chi connectivity index (χ1v) is 9.35. The molecule has 0 saturated heterocycles. The summed E-state index contributed by atoms with van der Waals surface area (Å²) in [7, 11) is 0. The molecule has 0 spiro atoms. The minimum atomic E-state index is -0.178. The molecule has 5 nitrogen and oxygen atoms in total. The Morgan fingerprint density at radius 3 is 3.04 bits per heavy atom. The minimum absolute atomic E-state index is 0.178. The van der Waals surface area contributed by atoms with Crippen LogP contribution in [-0.2, 0) is 4.79 Å². The SMILES string of the molecule is CCSc1nc2n(n1)[C@H](c1cccc(C)c1)C1=C(CCCC1=O)N2. The van der Waals surface area contributed by atoms with Crippen LogP contribution in [0.1, 0.15) is 43.4 Å². The normalized spacial score (nSPS) is 19.8. The number of aromatic nitrogens is 3. The molecule has 0 fully saturated rings. The van der Waals surface area contributed by atoms with Gasteiger partial charge in [0, 0.05) is 17.7 Å². The maximum atomic E-state index is 12.7. The lowest BCUT2D eigenvalue weighted by molar-refractivity contribution is -0.116. The number of rotatable bonds is 3. The third-order valence-corrected chi connectivity index (χ3v) is 5.20. The monoisotopic (exact) mass is 340 g/mol. The van der Waals surface area contributed by atoms with Crippen LogP contribution in [0.25, 0.3) is 0 Å². The Balaban J connectivity index is 1.88. The van der Waals surface area contributed by atoms with Crippen LogP contribution in [-0.4, -0.2) is 26.3 Å². The van der Waals surface area contributed by atoms with Gasteiger partial charge in [-0.25, -0.2) is 4.68 Å². The predicted molar refractivity (Wildman–Crippen MR) is 95.2 cm³/mol. The third kappa shape index (κ3) is 2.55. The molecule has 0 unspecified atom stereocenters. The molecule has 2 aromatic rings. The molecule has 124 valence electrons. The summed E-state index contributed by atoms with van der Waals surface area (Å²) in [6.07, 6.45) is 2.41. The number of carbonyl (C=O) groups is 1. The zero-order valence-electron chi connectivity index (χ0n) is 13.9. The van der Waals surface area contributed by atoms with Crippen LogP contribution in [0.5, 0.6) is 0 Å². The lowest BCUT2D eigenvalue weighted by Crippen LogP contribution is -2.31. The molecule has 1 aromatic heterocycles. The second kappa shape index (κ2) is 6.09. The highest BCUT2D eigenvalue weighted by Gasteiger charge is 2.36. The van der Waals surface area contributed by atoms with Crippen molar-refractivity contribution in [2.45, 2.75) is 44.3 Å². The summed E-state index contributed by atoms with van der Waals surface area (Å²) in [6, 6.07) is 8.15. The summed E-state index contributed by atoms with van der Waals surface area (Å²) < 4.78 is 1.88. The molecule has 0 amide bonds. The van der Waals surface area contributed by atoms with E-state index >= 15 is 0 Å². The van der Waals surface area contributed by atoms with Crippen LogP contribution >= 0.6 is 11.8 Å². The van der Waals surface area contributed by atoms with Crippen LogP contribution in [0.3, 0.4) is 0 Å². The van der Waals surface area contributed by atoms with E-state index in [9.17, 15) is 4.79 Å². The second-order valence-electron chi connectivity index (χ2n) is 6.21. The topological polar surface area (TPSA) is 59.8 Å². The van der Waals surface area contributed by atoms with Crippen molar-refractivity contribution in [1.82, 2.24) is 14.8 Å². The molecular weight excluding hydrogens is 320 g/mol. The molecule has 1 aliphatic carbocycles. The van der Waals surface area contributed by atoms with E-state index in [0.29, 0.717) is 6.42 Å². The fourth-order valence-electron chi connectivity index (χ4n) is 3.48. The molecule has 1 aromatic carbocycles. The first kappa shape index (κ1) is 15.4.